The van der Waals surface area contributed by atoms with Crippen molar-refractivity contribution in [1.29, 1.82) is 0 Å². The van der Waals surface area contributed by atoms with Crippen LogP contribution in [0.3, 0.4) is 0 Å². The largest absolute Gasteiger partial charge is 0.290 e. The summed E-state index contributed by atoms with van der Waals surface area (Å²) in [5, 5.41) is 0.646. The number of rotatable bonds is 3. The summed E-state index contributed by atoms with van der Waals surface area (Å²) in [6, 6.07) is 7.38. The van der Waals surface area contributed by atoms with Gasteiger partial charge in [-0.3, -0.25) is 4.79 Å². The van der Waals surface area contributed by atoms with Gasteiger partial charge in [-0.05, 0) is 18.1 Å². The molecule has 0 aliphatic heterocycles. The van der Waals surface area contributed by atoms with Crippen molar-refractivity contribution in [2.75, 3.05) is 0 Å². The molecule has 0 aliphatic rings. The normalized spacial score (nSPS) is 12.5. The van der Waals surface area contributed by atoms with E-state index in [1.54, 1.807) is 6.07 Å². The lowest BCUT2D eigenvalue weighted by Gasteiger charge is -2.07. The molecule has 0 amide bonds. The monoisotopic (exact) mass is 181 g/mol. The van der Waals surface area contributed by atoms with Gasteiger partial charge in [-0.1, -0.05) is 36.7 Å². The van der Waals surface area contributed by atoms with E-state index in [2.05, 4.69) is 0 Å². The summed E-state index contributed by atoms with van der Waals surface area (Å²) in [5.41, 5.74) is 0.872. The second kappa shape index (κ2) is 4.27. The van der Waals surface area contributed by atoms with Crippen LogP contribution >= 0.6 is 11.6 Å². The molecule has 0 N–H and O–H groups in total. The van der Waals surface area contributed by atoms with Crippen molar-refractivity contribution in [2.45, 2.75) is 19.3 Å². The number of halogens is 1. The SMILES string of the molecule is CCC([C]=O)c1ccccc1Cl. The van der Waals surface area contributed by atoms with Crippen molar-refractivity contribution < 1.29 is 4.79 Å². The summed E-state index contributed by atoms with van der Waals surface area (Å²) in [4.78, 5) is 10.5. The fourth-order valence-electron chi connectivity index (χ4n) is 1.12. The predicted octanol–water partition coefficient (Wildman–Crippen LogP) is 2.94. The zero-order valence-corrected chi connectivity index (χ0v) is 7.64. The maximum atomic E-state index is 10.5. The van der Waals surface area contributed by atoms with E-state index in [0.29, 0.717) is 5.02 Å². The molecule has 2 heteroatoms. The first kappa shape index (κ1) is 9.27. The van der Waals surface area contributed by atoms with Gasteiger partial charge in [0.25, 0.3) is 0 Å². The van der Waals surface area contributed by atoms with Gasteiger partial charge in [0.05, 0.1) is 5.92 Å². The second-order valence-electron chi connectivity index (χ2n) is 2.60. The molecule has 1 rings (SSSR count). The van der Waals surface area contributed by atoms with Gasteiger partial charge in [0, 0.05) is 5.02 Å². The molecule has 1 atom stereocenters. The number of carbonyl (C=O) groups excluding carboxylic acids is 1. The van der Waals surface area contributed by atoms with Crippen LogP contribution in [0.5, 0.6) is 0 Å². The topological polar surface area (TPSA) is 17.1 Å². The minimum atomic E-state index is -0.182. The Morgan fingerprint density at radius 1 is 1.50 bits per heavy atom. The molecule has 0 spiro atoms. The van der Waals surface area contributed by atoms with Gasteiger partial charge in [-0.2, -0.15) is 0 Å². The molecule has 0 saturated carbocycles. The van der Waals surface area contributed by atoms with Crippen LogP contribution < -0.4 is 0 Å². The van der Waals surface area contributed by atoms with Crippen molar-refractivity contribution in [3.05, 3.63) is 34.9 Å². The predicted molar refractivity (Wildman–Crippen MR) is 50.2 cm³/mol. The van der Waals surface area contributed by atoms with Gasteiger partial charge in [0.1, 0.15) is 0 Å². The zero-order valence-electron chi connectivity index (χ0n) is 6.88. The Morgan fingerprint density at radius 2 is 2.17 bits per heavy atom. The van der Waals surface area contributed by atoms with E-state index in [4.69, 9.17) is 11.6 Å². The molecule has 63 valence electrons. The Balaban J connectivity index is 3.00. The molecule has 12 heavy (non-hydrogen) atoms. The van der Waals surface area contributed by atoms with Crippen molar-refractivity contribution >= 4 is 17.9 Å². The lowest BCUT2D eigenvalue weighted by Crippen LogP contribution is -1.98. The van der Waals surface area contributed by atoms with Gasteiger partial charge < -0.3 is 0 Å². The molecule has 0 saturated heterocycles. The smallest absolute Gasteiger partial charge is 0.206 e. The molecule has 1 radical (unpaired) electrons. The first-order valence-electron chi connectivity index (χ1n) is 3.91. The van der Waals surface area contributed by atoms with Gasteiger partial charge >= 0.3 is 0 Å². The molecule has 1 aromatic rings. The van der Waals surface area contributed by atoms with Gasteiger partial charge in [-0.25, -0.2) is 0 Å². The molecular formula is C10H10ClO. The van der Waals surface area contributed by atoms with Crippen molar-refractivity contribution in [1.82, 2.24) is 0 Å². The van der Waals surface area contributed by atoms with E-state index in [1.165, 1.54) is 0 Å². The third-order valence-corrected chi connectivity index (χ3v) is 2.18. The minimum absolute atomic E-state index is 0.182. The minimum Gasteiger partial charge on any atom is -0.290 e. The Bertz CT molecular complexity index is 270. The van der Waals surface area contributed by atoms with E-state index in [9.17, 15) is 4.79 Å². The zero-order chi connectivity index (χ0) is 8.97. The molecule has 0 aliphatic carbocycles. The fourth-order valence-corrected chi connectivity index (χ4v) is 1.39. The van der Waals surface area contributed by atoms with Crippen LogP contribution in [0.2, 0.25) is 5.02 Å². The van der Waals surface area contributed by atoms with Crippen LogP contribution in [0.1, 0.15) is 24.8 Å². The molecule has 1 aromatic carbocycles. The van der Waals surface area contributed by atoms with Crippen LogP contribution in [-0.4, -0.2) is 6.29 Å². The van der Waals surface area contributed by atoms with E-state index in [-0.39, 0.29) is 5.92 Å². The number of hydrogen-bond acceptors (Lipinski definition) is 1. The lowest BCUT2D eigenvalue weighted by atomic mass is 9.98. The fraction of sp³-hybridized carbons (Fsp3) is 0.300. The number of hydrogen-bond donors (Lipinski definition) is 0. The molecular weight excluding hydrogens is 172 g/mol. The van der Waals surface area contributed by atoms with Gasteiger partial charge in [0.15, 0.2) is 0 Å². The van der Waals surface area contributed by atoms with Crippen LogP contribution in [0, 0.1) is 0 Å². The van der Waals surface area contributed by atoms with E-state index in [0.717, 1.165) is 12.0 Å². The first-order valence-corrected chi connectivity index (χ1v) is 4.29. The third kappa shape index (κ3) is 1.86. The molecule has 1 nitrogen and oxygen atoms in total. The van der Waals surface area contributed by atoms with Crippen LogP contribution in [0.25, 0.3) is 0 Å². The van der Waals surface area contributed by atoms with Crippen LogP contribution in [0.15, 0.2) is 24.3 Å². The molecule has 0 heterocycles. The molecule has 0 aromatic heterocycles. The van der Waals surface area contributed by atoms with Gasteiger partial charge in [0.2, 0.25) is 6.29 Å². The first-order chi connectivity index (χ1) is 5.79. The molecule has 0 bridgehead atoms. The summed E-state index contributed by atoms with van der Waals surface area (Å²) < 4.78 is 0. The highest BCUT2D eigenvalue weighted by Crippen LogP contribution is 2.24. The van der Waals surface area contributed by atoms with Crippen molar-refractivity contribution in [2.24, 2.45) is 0 Å². The highest BCUT2D eigenvalue weighted by atomic mass is 35.5. The standard InChI is InChI=1S/C10H10ClO/c1-2-8(7-12)9-5-3-4-6-10(9)11/h3-6,8H,2H2,1H3. The summed E-state index contributed by atoms with van der Waals surface area (Å²) in [6.45, 7) is 1.94. The van der Waals surface area contributed by atoms with E-state index < -0.39 is 0 Å². The molecule has 1 unspecified atom stereocenters. The summed E-state index contributed by atoms with van der Waals surface area (Å²) in [6.07, 6.45) is 2.72. The number of benzene rings is 1. The maximum absolute atomic E-state index is 10.5. The summed E-state index contributed by atoms with van der Waals surface area (Å²) >= 11 is 5.90. The van der Waals surface area contributed by atoms with Gasteiger partial charge in [-0.15, -0.1) is 0 Å². The average Bonchev–Trinajstić information content (AvgIpc) is 2.10. The summed E-state index contributed by atoms with van der Waals surface area (Å²) in [5.74, 6) is -0.182. The van der Waals surface area contributed by atoms with Crippen molar-refractivity contribution in [3.8, 4) is 0 Å². The Morgan fingerprint density at radius 3 is 2.67 bits per heavy atom. The summed E-state index contributed by atoms with van der Waals surface area (Å²) in [7, 11) is 0. The Hall–Kier alpha value is -0.820. The Kier molecular flexibility index (Phi) is 3.30. The quantitative estimate of drug-likeness (QED) is 0.701. The van der Waals surface area contributed by atoms with Crippen molar-refractivity contribution in [3.63, 3.8) is 0 Å². The van der Waals surface area contributed by atoms with Crippen LogP contribution in [0.4, 0.5) is 0 Å². The van der Waals surface area contributed by atoms with Crippen LogP contribution in [-0.2, 0) is 4.79 Å². The lowest BCUT2D eigenvalue weighted by molar-refractivity contribution is 0.540. The second-order valence-corrected chi connectivity index (χ2v) is 3.01. The van der Waals surface area contributed by atoms with E-state index >= 15 is 0 Å². The maximum Gasteiger partial charge on any atom is 0.206 e. The highest BCUT2D eigenvalue weighted by Gasteiger charge is 2.11. The Labute approximate surface area is 77.4 Å². The highest BCUT2D eigenvalue weighted by molar-refractivity contribution is 6.31. The molecule has 0 fully saturated rings. The third-order valence-electron chi connectivity index (χ3n) is 1.83. The average molecular weight is 182 g/mol. The van der Waals surface area contributed by atoms with E-state index in [1.807, 2.05) is 31.4 Å².